The van der Waals surface area contributed by atoms with Crippen LogP contribution in [0.5, 0.6) is 0 Å². The minimum atomic E-state index is -0.368. The molecule has 0 saturated heterocycles. The van der Waals surface area contributed by atoms with Crippen LogP contribution in [0.25, 0.3) is 0 Å². The summed E-state index contributed by atoms with van der Waals surface area (Å²) in [4.78, 5) is 0. The molecule has 0 aliphatic heterocycles. The van der Waals surface area contributed by atoms with Crippen LogP contribution in [-0.2, 0) is 6.42 Å². The molecule has 0 saturated carbocycles. The Bertz CT molecular complexity index is 266. The summed E-state index contributed by atoms with van der Waals surface area (Å²) in [6.07, 6.45) is 0.687. The van der Waals surface area contributed by atoms with Crippen molar-refractivity contribution in [2.45, 2.75) is 32.4 Å². The van der Waals surface area contributed by atoms with E-state index in [-0.39, 0.29) is 12.1 Å². The largest absolute Gasteiger partial charge is 0.391 e. The Labute approximate surface area is 86.0 Å². The highest BCUT2D eigenvalue weighted by Gasteiger charge is 2.14. The Kier molecular flexibility index (Phi) is 4.11. The number of rotatable bonds is 4. The predicted molar refractivity (Wildman–Crippen MR) is 59.3 cm³/mol. The first kappa shape index (κ1) is 11.2. The maximum atomic E-state index is 9.53. The van der Waals surface area contributed by atoms with Gasteiger partial charge in [0.25, 0.3) is 0 Å². The van der Waals surface area contributed by atoms with Crippen LogP contribution in [0, 0.1) is 0 Å². The van der Waals surface area contributed by atoms with Crippen molar-refractivity contribution in [2.75, 3.05) is 7.05 Å². The van der Waals surface area contributed by atoms with E-state index in [1.165, 1.54) is 5.56 Å². The molecule has 0 aromatic heterocycles. The Balaban J connectivity index is 2.84. The van der Waals surface area contributed by atoms with Crippen molar-refractivity contribution in [2.24, 2.45) is 0 Å². The van der Waals surface area contributed by atoms with Crippen LogP contribution >= 0.6 is 0 Å². The second-order valence-corrected chi connectivity index (χ2v) is 3.60. The molecule has 0 spiro atoms. The van der Waals surface area contributed by atoms with E-state index in [0.717, 1.165) is 12.0 Å². The molecule has 0 heterocycles. The van der Waals surface area contributed by atoms with Gasteiger partial charge in [-0.2, -0.15) is 0 Å². The van der Waals surface area contributed by atoms with Gasteiger partial charge in [0, 0.05) is 0 Å². The SMILES string of the molecule is CCc1ccc(C(NC)C(C)O)cc1. The topological polar surface area (TPSA) is 32.3 Å². The summed E-state index contributed by atoms with van der Waals surface area (Å²) in [7, 11) is 1.87. The van der Waals surface area contributed by atoms with E-state index in [0.29, 0.717) is 0 Å². The average Bonchev–Trinajstić information content (AvgIpc) is 2.19. The Morgan fingerprint density at radius 1 is 1.29 bits per heavy atom. The van der Waals surface area contributed by atoms with Crippen LogP contribution < -0.4 is 5.32 Å². The third-order valence-electron chi connectivity index (χ3n) is 2.54. The van der Waals surface area contributed by atoms with Gasteiger partial charge in [-0.25, -0.2) is 0 Å². The number of hydrogen-bond acceptors (Lipinski definition) is 2. The van der Waals surface area contributed by atoms with Crippen LogP contribution in [0.15, 0.2) is 24.3 Å². The first-order chi connectivity index (χ1) is 6.69. The zero-order chi connectivity index (χ0) is 10.6. The van der Waals surface area contributed by atoms with Crippen molar-refractivity contribution < 1.29 is 5.11 Å². The Morgan fingerprint density at radius 3 is 2.21 bits per heavy atom. The predicted octanol–water partition coefficient (Wildman–Crippen LogP) is 1.89. The molecule has 2 unspecified atom stereocenters. The minimum Gasteiger partial charge on any atom is -0.391 e. The number of aliphatic hydroxyl groups is 1. The van der Waals surface area contributed by atoms with Crippen LogP contribution in [0.2, 0.25) is 0 Å². The van der Waals surface area contributed by atoms with E-state index in [9.17, 15) is 5.11 Å². The zero-order valence-corrected chi connectivity index (χ0v) is 9.12. The van der Waals surface area contributed by atoms with Gasteiger partial charge in [0.2, 0.25) is 0 Å². The van der Waals surface area contributed by atoms with E-state index in [2.05, 4.69) is 36.5 Å². The maximum Gasteiger partial charge on any atom is 0.0706 e. The summed E-state index contributed by atoms with van der Waals surface area (Å²) in [6.45, 7) is 3.94. The molecule has 14 heavy (non-hydrogen) atoms. The second-order valence-electron chi connectivity index (χ2n) is 3.60. The molecule has 2 N–H and O–H groups in total. The summed E-state index contributed by atoms with van der Waals surface area (Å²) < 4.78 is 0. The lowest BCUT2D eigenvalue weighted by Gasteiger charge is -2.19. The summed E-state index contributed by atoms with van der Waals surface area (Å²) in [5.74, 6) is 0. The van der Waals surface area contributed by atoms with Crippen molar-refractivity contribution in [3.05, 3.63) is 35.4 Å². The molecule has 0 fully saturated rings. The first-order valence-electron chi connectivity index (χ1n) is 5.13. The Hall–Kier alpha value is -0.860. The van der Waals surface area contributed by atoms with E-state index in [1.807, 2.05) is 7.05 Å². The highest BCUT2D eigenvalue weighted by atomic mass is 16.3. The number of likely N-dealkylation sites (N-methyl/N-ethyl adjacent to an activating group) is 1. The normalized spacial score (nSPS) is 15.1. The third kappa shape index (κ3) is 2.56. The lowest BCUT2D eigenvalue weighted by Crippen LogP contribution is -2.26. The van der Waals surface area contributed by atoms with Crippen molar-refractivity contribution in [1.29, 1.82) is 0 Å². The van der Waals surface area contributed by atoms with Crippen LogP contribution in [-0.4, -0.2) is 18.3 Å². The maximum absolute atomic E-state index is 9.53. The number of aryl methyl sites for hydroxylation is 1. The number of nitrogens with one attached hydrogen (secondary N) is 1. The second kappa shape index (κ2) is 5.13. The molecule has 0 aliphatic carbocycles. The van der Waals surface area contributed by atoms with Gasteiger partial charge in [0.1, 0.15) is 0 Å². The molecule has 78 valence electrons. The summed E-state index contributed by atoms with van der Waals surface area (Å²) in [5.41, 5.74) is 2.47. The van der Waals surface area contributed by atoms with Crippen LogP contribution in [0.3, 0.4) is 0 Å². The summed E-state index contributed by atoms with van der Waals surface area (Å²) in [5, 5.41) is 12.6. The molecule has 2 heteroatoms. The van der Waals surface area contributed by atoms with Gasteiger partial charge in [-0.3, -0.25) is 0 Å². The van der Waals surface area contributed by atoms with Crippen molar-refractivity contribution in [1.82, 2.24) is 5.32 Å². The molecular formula is C12H19NO. The molecule has 1 rings (SSSR count). The van der Waals surface area contributed by atoms with Gasteiger partial charge in [0.05, 0.1) is 12.1 Å². The third-order valence-corrected chi connectivity index (χ3v) is 2.54. The highest BCUT2D eigenvalue weighted by Crippen LogP contribution is 2.17. The summed E-state index contributed by atoms with van der Waals surface area (Å²) >= 11 is 0. The molecule has 2 nitrogen and oxygen atoms in total. The van der Waals surface area contributed by atoms with Crippen molar-refractivity contribution in [3.8, 4) is 0 Å². The standard InChI is InChI=1S/C12H19NO/c1-4-10-5-7-11(8-6-10)12(13-3)9(2)14/h5-9,12-14H,4H2,1-3H3. The van der Waals surface area contributed by atoms with Gasteiger partial charge in [0.15, 0.2) is 0 Å². The molecule has 2 atom stereocenters. The van der Waals surface area contributed by atoms with Crippen molar-refractivity contribution >= 4 is 0 Å². The van der Waals surface area contributed by atoms with Gasteiger partial charge in [-0.05, 0) is 31.5 Å². The molecule has 0 amide bonds. The molecular weight excluding hydrogens is 174 g/mol. The highest BCUT2D eigenvalue weighted by molar-refractivity contribution is 5.25. The van der Waals surface area contributed by atoms with Crippen LogP contribution in [0.4, 0.5) is 0 Å². The van der Waals surface area contributed by atoms with E-state index < -0.39 is 0 Å². The summed E-state index contributed by atoms with van der Waals surface area (Å²) in [6, 6.07) is 8.41. The minimum absolute atomic E-state index is 0.0286. The fourth-order valence-electron chi connectivity index (χ4n) is 1.65. The zero-order valence-electron chi connectivity index (χ0n) is 9.12. The fraction of sp³-hybridized carbons (Fsp3) is 0.500. The first-order valence-corrected chi connectivity index (χ1v) is 5.13. The van der Waals surface area contributed by atoms with Crippen LogP contribution in [0.1, 0.15) is 31.0 Å². The molecule has 0 aliphatic rings. The molecule has 0 bridgehead atoms. The monoisotopic (exact) mass is 193 g/mol. The van der Waals surface area contributed by atoms with Gasteiger partial charge >= 0.3 is 0 Å². The van der Waals surface area contributed by atoms with E-state index in [1.54, 1.807) is 6.92 Å². The molecule has 0 radical (unpaired) electrons. The van der Waals surface area contributed by atoms with Crippen molar-refractivity contribution in [3.63, 3.8) is 0 Å². The fourth-order valence-corrected chi connectivity index (χ4v) is 1.65. The lowest BCUT2D eigenvalue weighted by atomic mass is 10.0. The number of benzene rings is 1. The quantitative estimate of drug-likeness (QED) is 0.765. The van der Waals surface area contributed by atoms with Gasteiger partial charge in [-0.15, -0.1) is 0 Å². The Morgan fingerprint density at radius 2 is 1.86 bits per heavy atom. The average molecular weight is 193 g/mol. The van der Waals surface area contributed by atoms with Gasteiger partial charge < -0.3 is 10.4 Å². The molecule has 1 aromatic rings. The molecule has 1 aromatic carbocycles. The number of aliphatic hydroxyl groups excluding tert-OH is 1. The smallest absolute Gasteiger partial charge is 0.0706 e. The lowest BCUT2D eigenvalue weighted by molar-refractivity contribution is 0.150. The van der Waals surface area contributed by atoms with E-state index in [4.69, 9.17) is 0 Å². The van der Waals surface area contributed by atoms with Gasteiger partial charge in [-0.1, -0.05) is 31.2 Å². The van der Waals surface area contributed by atoms with E-state index >= 15 is 0 Å². The number of hydrogen-bond donors (Lipinski definition) is 2.